The molecule has 52 heavy (non-hydrogen) atoms. The van der Waals surface area contributed by atoms with E-state index >= 15 is 0 Å². The highest BCUT2D eigenvalue weighted by Gasteiger charge is 2.22. The van der Waals surface area contributed by atoms with Gasteiger partial charge in [0.05, 0.1) is 5.39 Å². The highest BCUT2D eigenvalue weighted by atomic mass is 32.1. The largest absolute Gasteiger partial charge is 0.456 e. The van der Waals surface area contributed by atoms with Gasteiger partial charge in [0, 0.05) is 76.6 Å². The Balaban J connectivity index is 1.19. The Morgan fingerprint density at radius 3 is 2.02 bits per heavy atom. The van der Waals surface area contributed by atoms with Crippen molar-refractivity contribution in [1.29, 1.82) is 0 Å². The minimum atomic E-state index is 0.608. The Hall–Kier alpha value is -6.76. The molecule has 11 rings (SSSR count). The van der Waals surface area contributed by atoms with Crippen LogP contribution in [0, 0.1) is 0 Å². The molecular weight excluding hydrogens is 657 g/mol. The number of thiophene rings is 1. The summed E-state index contributed by atoms with van der Waals surface area (Å²) in [5, 5.41) is 8.13. The van der Waals surface area contributed by atoms with E-state index in [1.807, 2.05) is 72.0 Å². The number of hydrogen-bond acceptors (Lipinski definition) is 5. The maximum Gasteiger partial charge on any atom is 0.219 e. The summed E-state index contributed by atoms with van der Waals surface area (Å²) in [4.78, 5) is 15.4. The number of nitrogens with zero attached hydrogens (tertiary/aromatic N) is 4. The highest BCUT2D eigenvalue weighted by molar-refractivity contribution is 7.26. The third-order valence-electron chi connectivity index (χ3n) is 9.98. The first-order valence-corrected chi connectivity index (χ1v) is 18.1. The minimum Gasteiger partial charge on any atom is -0.456 e. The van der Waals surface area contributed by atoms with E-state index < -0.39 is 0 Å². The molecule has 0 aliphatic carbocycles. The lowest BCUT2D eigenvalue weighted by Crippen LogP contribution is -2.31. The van der Waals surface area contributed by atoms with Crippen LogP contribution in [0.25, 0.3) is 104 Å². The smallest absolute Gasteiger partial charge is 0.219 e. The van der Waals surface area contributed by atoms with E-state index in [0.717, 1.165) is 49.8 Å². The molecule has 0 atom stereocenters. The molecule has 0 fully saturated rings. The van der Waals surface area contributed by atoms with Gasteiger partial charge >= 0.3 is 0 Å². The molecule has 4 aromatic heterocycles. The lowest BCUT2D eigenvalue weighted by Gasteiger charge is -2.10. The van der Waals surface area contributed by atoms with Crippen LogP contribution in [0.2, 0.25) is 0 Å². The Bertz CT molecular complexity index is 3190. The molecule has 0 saturated heterocycles. The van der Waals surface area contributed by atoms with Crippen molar-refractivity contribution >= 4 is 75.1 Å². The first kappa shape index (κ1) is 29.0. The van der Waals surface area contributed by atoms with Crippen LogP contribution in [0.15, 0.2) is 168 Å². The second kappa shape index (κ2) is 11.4. The summed E-state index contributed by atoms with van der Waals surface area (Å²) >= 11 is 1.82. The number of furan rings is 1. The average molecular weight is 684 g/mol. The van der Waals surface area contributed by atoms with Crippen molar-refractivity contribution in [2.45, 2.75) is 0 Å². The maximum absolute atomic E-state index is 6.26. The topological polar surface area (TPSA) is 55.7 Å². The van der Waals surface area contributed by atoms with Crippen molar-refractivity contribution in [3.63, 3.8) is 0 Å². The summed E-state index contributed by atoms with van der Waals surface area (Å²) < 4.78 is 11.0. The van der Waals surface area contributed by atoms with Crippen LogP contribution >= 0.6 is 11.3 Å². The van der Waals surface area contributed by atoms with Gasteiger partial charge in [0.1, 0.15) is 11.2 Å². The molecule has 0 amide bonds. The maximum atomic E-state index is 6.26. The zero-order valence-corrected chi connectivity index (χ0v) is 28.5. The third kappa shape index (κ3) is 4.48. The van der Waals surface area contributed by atoms with Crippen molar-refractivity contribution < 1.29 is 8.98 Å². The van der Waals surface area contributed by atoms with Gasteiger partial charge in [-0.15, -0.1) is 11.3 Å². The SMILES string of the molecule is c1ccc(-c2nc(-c3ccc4sc5ccc6c(c7ccccc7c[n+]6-c6ccccc6)c5c4c3)nc(-c3cccc4oc5ccccc5c34)n2)cc1. The highest BCUT2D eigenvalue weighted by Crippen LogP contribution is 2.42. The van der Waals surface area contributed by atoms with Gasteiger partial charge in [-0.05, 0) is 42.5 Å². The zero-order chi connectivity index (χ0) is 34.2. The Labute approximate surface area is 301 Å². The van der Waals surface area contributed by atoms with Crippen LogP contribution in [0.1, 0.15) is 0 Å². The van der Waals surface area contributed by atoms with Crippen molar-refractivity contribution in [2.75, 3.05) is 0 Å². The summed E-state index contributed by atoms with van der Waals surface area (Å²) in [5.41, 5.74) is 6.71. The molecule has 0 saturated carbocycles. The molecular formula is C46H27N4OS+. The Morgan fingerprint density at radius 1 is 0.462 bits per heavy atom. The molecule has 11 aromatic rings. The standard InChI is InChI=1S/C46H27N4OS/c1-3-12-28(13-4-1)44-47-45(49-46(48-44)34-19-11-21-38-41(34)33-18-9-10-20-37(33)51-38)29-22-24-39-35(26-29)43-40(52-39)25-23-36-42(43)32-17-8-7-14-30(32)27-50(36)31-15-5-2-6-16-31/h1-27H/q+1. The van der Waals surface area contributed by atoms with Gasteiger partial charge in [0.15, 0.2) is 23.7 Å². The Morgan fingerprint density at radius 2 is 1.15 bits per heavy atom. The number of hydrogen-bond donors (Lipinski definition) is 0. The van der Waals surface area contributed by atoms with Gasteiger partial charge in [-0.1, -0.05) is 97.1 Å². The molecule has 0 bridgehead atoms. The van der Waals surface area contributed by atoms with Crippen LogP contribution in [0.5, 0.6) is 0 Å². The molecule has 0 radical (unpaired) electrons. The van der Waals surface area contributed by atoms with Crippen LogP contribution in [0.4, 0.5) is 0 Å². The first-order chi connectivity index (χ1) is 25.8. The van der Waals surface area contributed by atoms with Gasteiger partial charge in [0.2, 0.25) is 11.2 Å². The molecule has 0 unspecified atom stereocenters. The summed E-state index contributed by atoms with van der Waals surface area (Å²) in [6.07, 6.45) is 2.25. The van der Waals surface area contributed by atoms with Crippen LogP contribution in [0.3, 0.4) is 0 Å². The van der Waals surface area contributed by atoms with E-state index in [9.17, 15) is 0 Å². The monoisotopic (exact) mass is 683 g/mol. The quantitative estimate of drug-likeness (QED) is 0.137. The van der Waals surface area contributed by atoms with E-state index in [0.29, 0.717) is 17.5 Å². The number of para-hydroxylation sites is 2. The second-order valence-corrected chi connectivity index (χ2v) is 14.1. The summed E-state index contributed by atoms with van der Waals surface area (Å²) in [6.45, 7) is 0. The molecule has 4 heterocycles. The fourth-order valence-electron chi connectivity index (χ4n) is 7.62. The number of benzene rings is 7. The second-order valence-electron chi connectivity index (χ2n) is 13.0. The molecule has 5 nitrogen and oxygen atoms in total. The van der Waals surface area contributed by atoms with Gasteiger partial charge in [0.25, 0.3) is 0 Å². The van der Waals surface area contributed by atoms with E-state index in [-0.39, 0.29) is 0 Å². The number of rotatable bonds is 4. The van der Waals surface area contributed by atoms with Gasteiger partial charge in [-0.3, -0.25) is 0 Å². The number of aromatic nitrogens is 4. The number of fused-ring (bicyclic) bond motifs is 10. The Kier molecular flexibility index (Phi) is 6.35. The fraction of sp³-hybridized carbons (Fsp3) is 0. The predicted octanol–water partition coefficient (Wildman–Crippen LogP) is 11.7. The van der Waals surface area contributed by atoms with E-state index in [1.165, 1.54) is 36.3 Å². The molecule has 6 heteroatoms. The van der Waals surface area contributed by atoms with Crippen molar-refractivity contribution in [3.8, 4) is 39.9 Å². The van der Waals surface area contributed by atoms with Crippen molar-refractivity contribution in [2.24, 2.45) is 0 Å². The molecule has 0 aliphatic rings. The van der Waals surface area contributed by atoms with Crippen LogP contribution < -0.4 is 4.57 Å². The zero-order valence-electron chi connectivity index (χ0n) is 27.7. The fourth-order valence-corrected chi connectivity index (χ4v) is 8.72. The lowest BCUT2D eigenvalue weighted by atomic mass is 9.99. The van der Waals surface area contributed by atoms with E-state index in [2.05, 4.69) is 108 Å². The lowest BCUT2D eigenvalue weighted by molar-refractivity contribution is -0.565. The first-order valence-electron chi connectivity index (χ1n) is 17.3. The average Bonchev–Trinajstić information content (AvgIpc) is 3.79. The normalized spacial score (nSPS) is 11.8. The molecule has 242 valence electrons. The summed E-state index contributed by atoms with van der Waals surface area (Å²) in [5.74, 6) is 1.86. The van der Waals surface area contributed by atoms with E-state index in [4.69, 9.17) is 19.4 Å². The van der Waals surface area contributed by atoms with Gasteiger partial charge in [-0.2, -0.15) is 4.57 Å². The predicted molar refractivity (Wildman–Crippen MR) is 213 cm³/mol. The van der Waals surface area contributed by atoms with E-state index in [1.54, 1.807) is 0 Å². The van der Waals surface area contributed by atoms with Gasteiger partial charge < -0.3 is 4.42 Å². The van der Waals surface area contributed by atoms with Gasteiger partial charge in [-0.25, -0.2) is 15.0 Å². The van der Waals surface area contributed by atoms with Crippen LogP contribution in [-0.2, 0) is 0 Å². The van der Waals surface area contributed by atoms with Crippen molar-refractivity contribution in [3.05, 3.63) is 164 Å². The third-order valence-corrected chi connectivity index (χ3v) is 11.1. The molecule has 7 aromatic carbocycles. The molecule has 0 spiro atoms. The summed E-state index contributed by atoms with van der Waals surface area (Å²) in [7, 11) is 0. The van der Waals surface area contributed by atoms with Crippen molar-refractivity contribution in [1.82, 2.24) is 15.0 Å². The minimum absolute atomic E-state index is 0.608. The van der Waals surface area contributed by atoms with Crippen LogP contribution in [-0.4, -0.2) is 15.0 Å². The summed E-state index contributed by atoms with van der Waals surface area (Å²) in [6, 6.07) is 54.8. The molecule has 0 aliphatic heterocycles. The number of pyridine rings is 1. The molecule has 0 N–H and O–H groups in total.